The van der Waals surface area contributed by atoms with Crippen LogP contribution < -0.4 is 0 Å². The topological polar surface area (TPSA) is 52.3 Å². The maximum Gasteiger partial charge on any atom is 0.341 e. The van der Waals surface area contributed by atoms with Crippen LogP contribution in [0.4, 0.5) is 8.78 Å². The molecule has 0 aliphatic carbocycles. The van der Waals surface area contributed by atoms with E-state index in [0.717, 1.165) is 6.07 Å². The summed E-state index contributed by atoms with van der Waals surface area (Å²) < 4.78 is 34.1. The van der Waals surface area contributed by atoms with Crippen molar-refractivity contribution in [3.05, 3.63) is 29.7 Å². The highest BCUT2D eigenvalue weighted by Crippen LogP contribution is 2.27. The van der Waals surface area contributed by atoms with Crippen LogP contribution in [0.25, 0.3) is 11.1 Å². The number of hydrogen-bond acceptors (Lipinski definition) is 4. The molecule has 0 saturated carbocycles. The van der Waals surface area contributed by atoms with Crippen LogP contribution in [0.1, 0.15) is 22.5 Å². The zero-order chi connectivity index (χ0) is 11.7. The van der Waals surface area contributed by atoms with Gasteiger partial charge in [-0.1, -0.05) is 0 Å². The summed E-state index contributed by atoms with van der Waals surface area (Å²) in [6.07, 6.45) is -1.40. The van der Waals surface area contributed by atoms with Crippen LogP contribution in [0.3, 0.4) is 0 Å². The summed E-state index contributed by atoms with van der Waals surface area (Å²) in [7, 11) is 1.20. The fraction of sp³-hybridized carbons (Fsp3) is 0.200. The van der Waals surface area contributed by atoms with Crippen molar-refractivity contribution in [2.45, 2.75) is 6.43 Å². The number of alkyl halides is 2. The molecule has 16 heavy (non-hydrogen) atoms. The summed E-state index contributed by atoms with van der Waals surface area (Å²) in [4.78, 5) is 15.1. The lowest BCUT2D eigenvalue weighted by atomic mass is 10.2. The number of halogens is 2. The lowest BCUT2D eigenvalue weighted by Crippen LogP contribution is -2.01. The van der Waals surface area contributed by atoms with Crippen LogP contribution in [-0.2, 0) is 4.74 Å². The van der Waals surface area contributed by atoms with Gasteiger partial charge in [-0.05, 0) is 6.07 Å². The third-order valence-electron chi connectivity index (χ3n) is 2.05. The van der Waals surface area contributed by atoms with Gasteiger partial charge in [0.15, 0.2) is 11.3 Å². The number of aromatic nitrogens is 1. The molecule has 6 heteroatoms. The normalized spacial score (nSPS) is 11.0. The largest absolute Gasteiger partial charge is 0.465 e. The van der Waals surface area contributed by atoms with Gasteiger partial charge in [-0.15, -0.1) is 0 Å². The first-order valence-electron chi connectivity index (χ1n) is 4.38. The van der Waals surface area contributed by atoms with Crippen molar-refractivity contribution in [3.8, 4) is 0 Å². The Morgan fingerprint density at radius 2 is 2.31 bits per heavy atom. The summed E-state index contributed by atoms with van der Waals surface area (Å²) in [6.45, 7) is 0. The molecule has 0 unspecified atom stereocenters. The minimum atomic E-state index is -2.74. The van der Waals surface area contributed by atoms with Crippen LogP contribution in [-0.4, -0.2) is 18.1 Å². The van der Waals surface area contributed by atoms with Gasteiger partial charge in [-0.3, -0.25) is 4.98 Å². The molecule has 0 aliphatic heterocycles. The molecule has 0 radical (unpaired) electrons. The van der Waals surface area contributed by atoms with E-state index in [1.807, 2.05) is 0 Å². The Bertz CT molecular complexity index is 536. The van der Waals surface area contributed by atoms with Gasteiger partial charge in [-0.25, -0.2) is 13.6 Å². The predicted molar refractivity (Wildman–Crippen MR) is 50.3 cm³/mol. The summed E-state index contributed by atoms with van der Waals surface area (Å²) >= 11 is 0. The number of carbonyl (C=O) groups excluding carboxylic acids is 1. The Labute approximate surface area is 88.8 Å². The molecule has 0 fully saturated rings. The number of hydrogen-bond donors (Lipinski definition) is 0. The van der Waals surface area contributed by atoms with Crippen molar-refractivity contribution in [1.29, 1.82) is 0 Å². The van der Waals surface area contributed by atoms with Crippen molar-refractivity contribution in [3.63, 3.8) is 0 Å². The zero-order valence-corrected chi connectivity index (χ0v) is 8.24. The molecule has 2 aromatic rings. The quantitative estimate of drug-likeness (QED) is 0.740. The second-order valence-electron chi connectivity index (χ2n) is 3.01. The second kappa shape index (κ2) is 3.88. The number of methoxy groups -OCH3 is 1. The minimum Gasteiger partial charge on any atom is -0.465 e. The fourth-order valence-electron chi connectivity index (χ4n) is 1.33. The molecule has 0 bridgehead atoms. The van der Waals surface area contributed by atoms with E-state index in [9.17, 15) is 13.6 Å². The number of esters is 1. The van der Waals surface area contributed by atoms with Gasteiger partial charge in [-0.2, -0.15) is 0 Å². The van der Waals surface area contributed by atoms with Crippen LogP contribution >= 0.6 is 0 Å². The summed E-state index contributed by atoms with van der Waals surface area (Å²) in [5.41, 5.74) is 0.308. The Hall–Kier alpha value is -1.98. The smallest absolute Gasteiger partial charge is 0.341 e. The van der Waals surface area contributed by atoms with Gasteiger partial charge in [0.25, 0.3) is 6.43 Å². The Morgan fingerprint density at radius 3 is 2.94 bits per heavy atom. The first-order chi connectivity index (χ1) is 7.63. The number of carbonyl (C=O) groups is 1. The lowest BCUT2D eigenvalue weighted by molar-refractivity contribution is 0.0600. The minimum absolute atomic E-state index is 0.0182. The van der Waals surface area contributed by atoms with Crippen molar-refractivity contribution in [2.24, 2.45) is 0 Å². The number of nitrogens with zero attached hydrogens (tertiary/aromatic N) is 1. The van der Waals surface area contributed by atoms with E-state index in [4.69, 9.17) is 4.42 Å². The summed E-state index contributed by atoms with van der Waals surface area (Å²) in [5.74, 6) is -1.17. The van der Waals surface area contributed by atoms with Gasteiger partial charge in [0, 0.05) is 12.3 Å². The van der Waals surface area contributed by atoms with Gasteiger partial charge >= 0.3 is 5.97 Å². The molecular weight excluding hydrogens is 220 g/mol. The SMILES string of the molecule is COC(=O)c1ccnc2cc(C(F)F)oc12. The lowest BCUT2D eigenvalue weighted by Gasteiger charge is -1.98. The van der Waals surface area contributed by atoms with E-state index in [1.54, 1.807) is 0 Å². The highest BCUT2D eigenvalue weighted by Gasteiger charge is 2.19. The van der Waals surface area contributed by atoms with Crippen molar-refractivity contribution < 1.29 is 22.7 Å². The first kappa shape index (κ1) is 10.5. The van der Waals surface area contributed by atoms with Crippen molar-refractivity contribution in [2.75, 3.05) is 7.11 Å². The first-order valence-corrected chi connectivity index (χ1v) is 4.38. The van der Waals surface area contributed by atoms with Crippen LogP contribution in [0.2, 0.25) is 0 Å². The van der Waals surface area contributed by atoms with E-state index < -0.39 is 18.2 Å². The Balaban J connectivity index is 2.63. The van der Waals surface area contributed by atoms with Gasteiger partial charge in [0.05, 0.1) is 7.11 Å². The number of pyridine rings is 1. The number of fused-ring (bicyclic) bond motifs is 1. The Kier molecular flexibility index (Phi) is 2.55. The average molecular weight is 227 g/mol. The predicted octanol–water partition coefficient (Wildman–Crippen LogP) is 2.55. The molecule has 0 aromatic carbocycles. The highest BCUT2D eigenvalue weighted by atomic mass is 19.3. The average Bonchev–Trinajstić information content (AvgIpc) is 2.71. The molecule has 0 amide bonds. The van der Waals surface area contributed by atoms with Crippen molar-refractivity contribution in [1.82, 2.24) is 4.98 Å². The highest BCUT2D eigenvalue weighted by molar-refractivity contribution is 6.00. The van der Waals surface area contributed by atoms with Gasteiger partial charge in [0.1, 0.15) is 11.1 Å². The molecule has 84 valence electrons. The number of furan rings is 1. The number of ether oxygens (including phenoxy) is 1. The van der Waals surface area contributed by atoms with E-state index in [0.29, 0.717) is 0 Å². The number of rotatable bonds is 2. The monoisotopic (exact) mass is 227 g/mol. The maximum atomic E-state index is 12.4. The third kappa shape index (κ3) is 1.62. The van der Waals surface area contributed by atoms with Crippen LogP contribution in [0, 0.1) is 0 Å². The second-order valence-corrected chi connectivity index (χ2v) is 3.01. The van der Waals surface area contributed by atoms with Gasteiger partial charge < -0.3 is 9.15 Å². The van der Waals surface area contributed by atoms with Gasteiger partial charge in [0.2, 0.25) is 0 Å². The molecule has 4 nitrogen and oxygen atoms in total. The molecule has 0 aliphatic rings. The fourth-order valence-corrected chi connectivity index (χ4v) is 1.33. The molecular formula is C10H7F2NO3. The zero-order valence-electron chi connectivity index (χ0n) is 8.24. The van der Waals surface area contributed by atoms with Crippen LogP contribution in [0.15, 0.2) is 22.7 Å². The Morgan fingerprint density at radius 1 is 1.56 bits per heavy atom. The van der Waals surface area contributed by atoms with E-state index in [2.05, 4.69) is 9.72 Å². The van der Waals surface area contributed by atoms with E-state index >= 15 is 0 Å². The van der Waals surface area contributed by atoms with Crippen molar-refractivity contribution >= 4 is 17.1 Å². The van der Waals surface area contributed by atoms with E-state index in [1.165, 1.54) is 19.4 Å². The van der Waals surface area contributed by atoms with Crippen LogP contribution in [0.5, 0.6) is 0 Å². The summed E-state index contributed by atoms with van der Waals surface area (Å²) in [5, 5.41) is 0. The molecule has 2 heterocycles. The third-order valence-corrected chi connectivity index (χ3v) is 2.05. The molecule has 0 spiro atoms. The molecule has 0 saturated heterocycles. The molecule has 0 N–H and O–H groups in total. The summed E-state index contributed by atoms with van der Waals surface area (Å²) in [6, 6.07) is 2.46. The standard InChI is InChI=1S/C10H7F2NO3/c1-15-10(14)5-2-3-13-6-4-7(9(11)12)16-8(5)6/h2-4,9H,1H3. The molecule has 2 rings (SSSR count). The maximum absolute atomic E-state index is 12.4. The molecule has 2 aromatic heterocycles. The molecule has 0 atom stereocenters. The van der Waals surface area contributed by atoms with E-state index in [-0.39, 0.29) is 16.7 Å².